The molecule has 74 valence electrons. The standard InChI is InChI=1S/C9H16BBrO2/c11-7-3-6-10-12-8-4-1-2-5-9(8)13-10/h8-9H,1-7H2. The average Bonchev–Trinajstić information content (AvgIpc) is 2.57. The Morgan fingerprint density at radius 2 is 1.77 bits per heavy atom. The van der Waals surface area contributed by atoms with Gasteiger partial charge in [0.25, 0.3) is 0 Å². The molecule has 2 fully saturated rings. The minimum absolute atomic E-state index is 0.0886. The number of hydrogen-bond donors (Lipinski definition) is 0. The summed E-state index contributed by atoms with van der Waals surface area (Å²) in [6.07, 6.45) is 8.04. The molecule has 0 aromatic rings. The highest BCUT2D eigenvalue weighted by Crippen LogP contribution is 2.31. The molecule has 2 aliphatic rings. The molecule has 0 radical (unpaired) electrons. The SMILES string of the molecule is BrCCCB1OC2CCCCC2O1. The van der Waals surface area contributed by atoms with E-state index in [-0.39, 0.29) is 7.12 Å². The molecule has 1 aliphatic heterocycles. The van der Waals surface area contributed by atoms with E-state index in [0.717, 1.165) is 18.1 Å². The monoisotopic (exact) mass is 246 g/mol. The van der Waals surface area contributed by atoms with Crippen molar-refractivity contribution in [2.75, 3.05) is 5.33 Å². The van der Waals surface area contributed by atoms with E-state index in [0.29, 0.717) is 12.2 Å². The second-order valence-electron chi connectivity index (χ2n) is 3.89. The molecular formula is C9H16BBrO2. The lowest BCUT2D eigenvalue weighted by molar-refractivity contribution is 0.110. The first-order valence-electron chi connectivity index (χ1n) is 5.27. The zero-order chi connectivity index (χ0) is 9.10. The van der Waals surface area contributed by atoms with E-state index in [1.807, 2.05) is 0 Å². The molecule has 2 atom stereocenters. The smallest absolute Gasteiger partial charge is 0.406 e. The third-order valence-electron chi connectivity index (χ3n) is 2.87. The summed E-state index contributed by atoms with van der Waals surface area (Å²) < 4.78 is 11.6. The van der Waals surface area contributed by atoms with Crippen LogP contribution in [0.4, 0.5) is 0 Å². The summed E-state index contributed by atoms with van der Waals surface area (Å²) in [5, 5.41) is 1.05. The molecule has 0 amide bonds. The van der Waals surface area contributed by atoms with Crippen LogP contribution in [0.5, 0.6) is 0 Å². The molecule has 0 aromatic carbocycles. The van der Waals surface area contributed by atoms with Crippen molar-refractivity contribution in [1.82, 2.24) is 0 Å². The molecule has 1 aliphatic carbocycles. The largest absolute Gasteiger partial charge is 0.457 e. The second-order valence-corrected chi connectivity index (χ2v) is 4.69. The van der Waals surface area contributed by atoms with E-state index in [1.165, 1.54) is 25.7 Å². The van der Waals surface area contributed by atoms with Crippen molar-refractivity contribution >= 4 is 23.0 Å². The van der Waals surface area contributed by atoms with Crippen LogP contribution in [0.15, 0.2) is 0 Å². The quantitative estimate of drug-likeness (QED) is 0.563. The molecule has 0 N–H and O–H groups in total. The van der Waals surface area contributed by atoms with Crippen molar-refractivity contribution in [3.8, 4) is 0 Å². The number of rotatable bonds is 3. The minimum atomic E-state index is 0.0886. The van der Waals surface area contributed by atoms with Gasteiger partial charge in [-0.3, -0.25) is 0 Å². The highest BCUT2D eigenvalue weighted by molar-refractivity contribution is 9.09. The predicted molar refractivity (Wildman–Crippen MR) is 57.2 cm³/mol. The van der Waals surface area contributed by atoms with Crippen LogP contribution in [0.2, 0.25) is 6.32 Å². The topological polar surface area (TPSA) is 18.5 Å². The molecule has 1 heterocycles. The van der Waals surface area contributed by atoms with Crippen molar-refractivity contribution in [2.45, 2.75) is 50.6 Å². The van der Waals surface area contributed by atoms with E-state index in [1.54, 1.807) is 0 Å². The van der Waals surface area contributed by atoms with Crippen LogP contribution in [-0.2, 0) is 9.31 Å². The minimum Gasteiger partial charge on any atom is -0.406 e. The Bertz CT molecular complexity index is 154. The Kier molecular flexibility index (Phi) is 3.70. The number of hydrogen-bond acceptors (Lipinski definition) is 2. The van der Waals surface area contributed by atoms with Gasteiger partial charge in [-0.25, -0.2) is 0 Å². The summed E-state index contributed by atoms with van der Waals surface area (Å²) in [6, 6.07) is 0. The summed E-state index contributed by atoms with van der Waals surface area (Å²) in [6.45, 7) is 0. The van der Waals surface area contributed by atoms with Crippen molar-refractivity contribution < 1.29 is 9.31 Å². The summed E-state index contributed by atoms with van der Waals surface area (Å²) >= 11 is 3.42. The normalized spacial score (nSPS) is 33.5. The molecule has 2 nitrogen and oxygen atoms in total. The Hall–Kier alpha value is 0.465. The van der Waals surface area contributed by atoms with Gasteiger partial charge in [-0.05, 0) is 25.6 Å². The van der Waals surface area contributed by atoms with E-state index < -0.39 is 0 Å². The molecular weight excluding hydrogens is 231 g/mol. The van der Waals surface area contributed by atoms with Crippen molar-refractivity contribution in [3.05, 3.63) is 0 Å². The highest BCUT2D eigenvalue weighted by atomic mass is 79.9. The number of fused-ring (bicyclic) bond motifs is 1. The van der Waals surface area contributed by atoms with Gasteiger partial charge in [-0.2, -0.15) is 0 Å². The lowest BCUT2D eigenvalue weighted by Gasteiger charge is -2.22. The van der Waals surface area contributed by atoms with Crippen LogP contribution in [-0.4, -0.2) is 24.7 Å². The third-order valence-corrected chi connectivity index (χ3v) is 3.43. The molecule has 0 spiro atoms. The lowest BCUT2D eigenvalue weighted by atomic mass is 9.84. The summed E-state index contributed by atoms with van der Waals surface area (Å²) in [4.78, 5) is 0. The fraction of sp³-hybridized carbons (Fsp3) is 1.00. The van der Waals surface area contributed by atoms with E-state index in [4.69, 9.17) is 9.31 Å². The first-order valence-corrected chi connectivity index (χ1v) is 6.39. The summed E-state index contributed by atoms with van der Waals surface area (Å²) in [5.41, 5.74) is 0. The van der Waals surface area contributed by atoms with E-state index >= 15 is 0 Å². The Morgan fingerprint density at radius 3 is 2.31 bits per heavy atom. The van der Waals surface area contributed by atoms with Gasteiger partial charge in [0, 0.05) is 5.33 Å². The molecule has 0 bridgehead atoms. The molecule has 4 heteroatoms. The number of halogens is 1. The number of alkyl halides is 1. The Balaban J connectivity index is 1.77. The second kappa shape index (κ2) is 4.81. The van der Waals surface area contributed by atoms with Gasteiger partial charge >= 0.3 is 7.12 Å². The van der Waals surface area contributed by atoms with Crippen LogP contribution < -0.4 is 0 Å². The fourth-order valence-electron chi connectivity index (χ4n) is 2.18. The van der Waals surface area contributed by atoms with Crippen molar-refractivity contribution in [1.29, 1.82) is 0 Å². The third kappa shape index (κ3) is 2.48. The Labute approximate surface area is 88.6 Å². The Morgan fingerprint density at radius 1 is 1.15 bits per heavy atom. The van der Waals surface area contributed by atoms with Gasteiger partial charge in [0.05, 0.1) is 12.2 Å². The molecule has 13 heavy (non-hydrogen) atoms. The van der Waals surface area contributed by atoms with Crippen molar-refractivity contribution in [3.63, 3.8) is 0 Å². The predicted octanol–water partition coefficient (Wildman–Crippen LogP) is 2.62. The molecule has 1 saturated carbocycles. The molecule has 2 rings (SSSR count). The lowest BCUT2D eigenvalue weighted by Crippen LogP contribution is -2.25. The van der Waals surface area contributed by atoms with Gasteiger partial charge in [-0.1, -0.05) is 28.8 Å². The fourth-order valence-corrected chi connectivity index (χ4v) is 2.50. The van der Waals surface area contributed by atoms with Gasteiger partial charge in [0.2, 0.25) is 0 Å². The van der Waals surface area contributed by atoms with Crippen LogP contribution >= 0.6 is 15.9 Å². The molecule has 2 unspecified atom stereocenters. The van der Waals surface area contributed by atoms with Crippen molar-refractivity contribution in [2.24, 2.45) is 0 Å². The van der Waals surface area contributed by atoms with Gasteiger partial charge in [0.1, 0.15) is 0 Å². The maximum Gasteiger partial charge on any atom is 0.457 e. The summed E-state index contributed by atoms with van der Waals surface area (Å²) in [5.74, 6) is 0. The maximum atomic E-state index is 5.82. The van der Waals surface area contributed by atoms with Crippen LogP contribution in [0.25, 0.3) is 0 Å². The van der Waals surface area contributed by atoms with Crippen LogP contribution in [0, 0.1) is 0 Å². The summed E-state index contributed by atoms with van der Waals surface area (Å²) in [7, 11) is 0.0886. The van der Waals surface area contributed by atoms with E-state index in [2.05, 4.69) is 15.9 Å². The zero-order valence-corrected chi connectivity index (χ0v) is 9.46. The molecule has 1 saturated heterocycles. The average molecular weight is 247 g/mol. The maximum absolute atomic E-state index is 5.82. The first kappa shape index (κ1) is 10.00. The highest BCUT2D eigenvalue weighted by Gasteiger charge is 2.39. The van der Waals surface area contributed by atoms with Crippen LogP contribution in [0.1, 0.15) is 32.1 Å². The van der Waals surface area contributed by atoms with E-state index in [9.17, 15) is 0 Å². The van der Waals surface area contributed by atoms with Crippen LogP contribution in [0.3, 0.4) is 0 Å². The zero-order valence-electron chi connectivity index (χ0n) is 7.88. The molecule has 0 aromatic heterocycles. The first-order chi connectivity index (χ1) is 6.40. The van der Waals surface area contributed by atoms with Gasteiger partial charge in [-0.15, -0.1) is 0 Å². The van der Waals surface area contributed by atoms with Gasteiger partial charge < -0.3 is 9.31 Å². The van der Waals surface area contributed by atoms with Gasteiger partial charge in [0.15, 0.2) is 0 Å².